The fourth-order valence-corrected chi connectivity index (χ4v) is 3.90. The molecule has 0 saturated heterocycles. The van der Waals surface area contributed by atoms with Crippen molar-refractivity contribution in [3.8, 4) is 5.75 Å². The maximum atomic E-state index is 12.9. The van der Waals surface area contributed by atoms with Gasteiger partial charge in [0.2, 0.25) is 0 Å². The third-order valence-electron chi connectivity index (χ3n) is 5.41. The lowest BCUT2D eigenvalue weighted by Gasteiger charge is -2.29. The van der Waals surface area contributed by atoms with Gasteiger partial charge in [-0.2, -0.15) is 13.2 Å². The number of nitrogens with one attached hydrogen (secondary N) is 2. The number of hydrogen-bond acceptors (Lipinski definition) is 3. The summed E-state index contributed by atoms with van der Waals surface area (Å²) >= 11 is 5.96. The van der Waals surface area contributed by atoms with E-state index in [1.165, 1.54) is 0 Å². The molecule has 0 bridgehead atoms. The minimum atomic E-state index is -4.52. The molecule has 1 aliphatic carbocycles. The number of halogens is 4. The molecular formula is C22H24ClF3N2O2. The summed E-state index contributed by atoms with van der Waals surface area (Å²) in [7, 11) is 1.63. The van der Waals surface area contributed by atoms with Crippen molar-refractivity contribution < 1.29 is 22.7 Å². The molecule has 8 heteroatoms. The zero-order valence-corrected chi connectivity index (χ0v) is 17.3. The third-order valence-corrected chi connectivity index (χ3v) is 5.74. The summed E-state index contributed by atoms with van der Waals surface area (Å²) in [6.45, 7) is 0.792. The first-order valence-corrected chi connectivity index (χ1v) is 10.2. The monoisotopic (exact) mass is 440 g/mol. The van der Waals surface area contributed by atoms with Gasteiger partial charge in [-0.05, 0) is 61.9 Å². The number of para-hydroxylation sites is 2. The largest absolute Gasteiger partial charge is 0.495 e. The number of carbonyl (C=O) groups is 1. The Balaban J connectivity index is 1.52. The molecule has 0 aliphatic heterocycles. The Morgan fingerprint density at radius 3 is 2.50 bits per heavy atom. The Morgan fingerprint density at radius 2 is 1.83 bits per heavy atom. The van der Waals surface area contributed by atoms with Crippen molar-refractivity contribution in [1.29, 1.82) is 0 Å². The predicted molar refractivity (Wildman–Crippen MR) is 111 cm³/mol. The highest BCUT2D eigenvalue weighted by Gasteiger charge is 2.32. The van der Waals surface area contributed by atoms with Crippen LogP contribution in [-0.4, -0.2) is 25.6 Å². The number of anilines is 1. The second-order valence-corrected chi connectivity index (χ2v) is 7.87. The second-order valence-electron chi connectivity index (χ2n) is 7.46. The average molecular weight is 441 g/mol. The summed E-state index contributed by atoms with van der Waals surface area (Å²) in [5.74, 6) is 0.665. The van der Waals surface area contributed by atoms with Crippen molar-refractivity contribution in [2.24, 2.45) is 5.92 Å². The quantitative estimate of drug-likeness (QED) is 0.599. The molecule has 0 atom stereocenters. The second kappa shape index (κ2) is 9.60. The average Bonchev–Trinajstić information content (AvgIpc) is 2.73. The lowest BCUT2D eigenvalue weighted by Crippen LogP contribution is -2.38. The van der Waals surface area contributed by atoms with Crippen LogP contribution in [0.4, 0.5) is 18.9 Å². The molecule has 162 valence electrons. The van der Waals surface area contributed by atoms with E-state index in [1.54, 1.807) is 7.11 Å². The summed E-state index contributed by atoms with van der Waals surface area (Å²) in [4.78, 5) is 12.5. The predicted octanol–water partition coefficient (Wildman–Crippen LogP) is 5.77. The van der Waals surface area contributed by atoms with Gasteiger partial charge >= 0.3 is 6.18 Å². The topological polar surface area (TPSA) is 50.4 Å². The normalized spacial score (nSPS) is 19.2. The molecule has 1 saturated carbocycles. The van der Waals surface area contributed by atoms with Gasteiger partial charge in [0.1, 0.15) is 5.75 Å². The fraction of sp³-hybridized carbons (Fsp3) is 0.409. The maximum Gasteiger partial charge on any atom is 0.416 e. The lowest BCUT2D eigenvalue weighted by molar-refractivity contribution is -0.137. The number of rotatable bonds is 6. The Labute approximate surface area is 178 Å². The molecule has 1 aliphatic rings. The van der Waals surface area contributed by atoms with Gasteiger partial charge in [0, 0.05) is 12.6 Å². The summed E-state index contributed by atoms with van der Waals surface area (Å²) in [5.41, 5.74) is -0.0933. The first-order valence-electron chi connectivity index (χ1n) is 9.82. The Hall–Kier alpha value is -2.41. The van der Waals surface area contributed by atoms with E-state index in [1.807, 2.05) is 24.3 Å². The summed E-state index contributed by atoms with van der Waals surface area (Å²) < 4.78 is 44.1. The zero-order valence-electron chi connectivity index (χ0n) is 16.6. The molecule has 0 spiro atoms. The van der Waals surface area contributed by atoms with Crippen LogP contribution in [0.1, 0.15) is 41.6 Å². The molecule has 0 unspecified atom stereocenters. The van der Waals surface area contributed by atoms with Gasteiger partial charge < -0.3 is 15.4 Å². The third kappa shape index (κ3) is 5.59. The first kappa shape index (κ1) is 22.3. The molecule has 30 heavy (non-hydrogen) atoms. The Morgan fingerprint density at radius 1 is 1.13 bits per heavy atom. The number of ether oxygens (including phenoxy) is 1. The molecule has 0 heterocycles. The van der Waals surface area contributed by atoms with Crippen LogP contribution in [0.15, 0.2) is 42.5 Å². The molecule has 2 N–H and O–H groups in total. The fourth-order valence-electron chi connectivity index (χ4n) is 3.69. The van der Waals surface area contributed by atoms with Crippen molar-refractivity contribution >= 4 is 23.2 Å². The summed E-state index contributed by atoms with van der Waals surface area (Å²) in [5, 5.41) is 6.25. The molecule has 4 nitrogen and oxygen atoms in total. The van der Waals surface area contributed by atoms with Crippen LogP contribution in [0, 0.1) is 5.92 Å². The van der Waals surface area contributed by atoms with E-state index in [0.717, 1.165) is 61.9 Å². The molecule has 1 fully saturated rings. The van der Waals surface area contributed by atoms with Crippen LogP contribution in [0.5, 0.6) is 5.75 Å². The Kier molecular flexibility index (Phi) is 7.13. The van der Waals surface area contributed by atoms with E-state index >= 15 is 0 Å². The number of amides is 1. The van der Waals surface area contributed by atoms with Crippen LogP contribution < -0.4 is 15.4 Å². The van der Waals surface area contributed by atoms with Gasteiger partial charge in [-0.1, -0.05) is 23.7 Å². The lowest BCUT2D eigenvalue weighted by atomic mass is 9.86. The van der Waals surface area contributed by atoms with Crippen molar-refractivity contribution in [2.45, 2.75) is 37.9 Å². The minimum Gasteiger partial charge on any atom is -0.495 e. The first-order chi connectivity index (χ1) is 14.3. The number of methoxy groups -OCH3 is 1. The van der Waals surface area contributed by atoms with Crippen LogP contribution in [0.3, 0.4) is 0 Å². The van der Waals surface area contributed by atoms with E-state index < -0.39 is 17.6 Å². The van der Waals surface area contributed by atoms with Crippen molar-refractivity contribution in [2.75, 3.05) is 19.0 Å². The minimum absolute atomic E-state index is 0.00944. The maximum absolute atomic E-state index is 12.9. The van der Waals surface area contributed by atoms with E-state index in [9.17, 15) is 18.0 Å². The van der Waals surface area contributed by atoms with Crippen LogP contribution in [0.25, 0.3) is 0 Å². The van der Waals surface area contributed by atoms with Crippen LogP contribution in [0.2, 0.25) is 5.02 Å². The number of alkyl halides is 3. The van der Waals surface area contributed by atoms with E-state index in [2.05, 4.69) is 10.6 Å². The SMILES string of the molecule is COc1ccccc1NCC1CCC(NC(=O)c2cc(C(F)(F)F)ccc2Cl)CC1. The molecule has 2 aromatic rings. The van der Waals surface area contributed by atoms with Crippen molar-refractivity contribution in [3.63, 3.8) is 0 Å². The van der Waals surface area contributed by atoms with Crippen LogP contribution in [-0.2, 0) is 6.18 Å². The van der Waals surface area contributed by atoms with Gasteiger partial charge in [0.15, 0.2) is 0 Å². The van der Waals surface area contributed by atoms with Crippen molar-refractivity contribution in [1.82, 2.24) is 5.32 Å². The van der Waals surface area contributed by atoms with Gasteiger partial charge in [-0.25, -0.2) is 0 Å². The highest BCUT2D eigenvalue weighted by atomic mass is 35.5. The van der Waals surface area contributed by atoms with Crippen LogP contribution >= 0.6 is 11.6 Å². The van der Waals surface area contributed by atoms with E-state index in [-0.39, 0.29) is 16.6 Å². The van der Waals surface area contributed by atoms with Crippen molar-refractivity contribution in [3.05, 3.63) is 58.6 Å². The molecule has 2 aromatic carbocycles. The highest BCUT2D eigenvalue weighted by Crippen LogP contribution is 2.32. The molecule has 0 radical (unpaired) electrons. The van der Waals surface area contributed by atoms with Gasteiger partial charge in [-0.3, -0.25) is 4.79 Å². The number of benzene rings is 2. The van der Waals surface area contributed by atoms with E-state index in [0.29, 0.717) is 5.92 Å². The molecular weight excluding hydrogens is 417 g/mol. The van der Waals surface area contributed by atoms with Gasteiger partial charge in [0.05, 0.1) is 28.9 Å². The zero-order chi connectivity index (χ0) is 21.7. The summed E-state index contributed by atoms with van der Waals surface area (Å²) in [6.07, 6.45) is -1.18. The molecule has 1 amide bonds. The highest BCUT2D eigenvalue weighted by molar-refractivity contribution is 6.33. The van der Waals surface area contributed by atoms with E-state index in [4.69, 9.17) is 16.3 Å². The number of carbonyl (C=O) groups excluding carboxylic acids is 1. The number of hydrogen-bond donors (Lipinski definition) is 2. The smallest absolute Gasteiger partial charge is 0.416 e. The van der Waals surface area contributed by atoms with Gasteiger partial charge in [0.25, 0.3) is 5.91 Å². The summed E-state index contributed by atoms with van der Waals surface area (Å²) in [6, 6.07) is 10.4. The molecule has 0 aromatic heterocycles. The Bertz CT molecular complexity index is 881. The van der Waals surface area contributed by atoms with Gasteiger partial charge in [-0.15, -0.1) is 0 Å². The molecule has 3 rings (SSSR count). The standard InChI is InChI=1S/C22H24ClF3N2O2/c1-30-20-5-3-2-4-19(20)27-13-14-6-9-16(10-7-14)28-21(29)17-12-15(22(24,25)26)8-11-18(17)23/h2-5,8,11-12,14,16,27H,6-7,9-10,13H2,1H3,(H,28,29).